The Morgan fingerprint density at radius 1 is 1.62 bits per heavy atom. The largest absolute Gasteiger partial charge is 0.383 e. The second-order valence-electron chi connectivity index (χ2n) is 3.70. The molecule has 4 heteroatoms. The summed E-state index contributed by atoms with van der Waals surface area (Å²) in [5.74, 6) is 2.35. The van der Waals surface area contributed by atoms with Crippen molar-refractivity contribution in [3.05, 3.63) is 0 Å². The van der Waals surface area contributed by atoms with Crippen LogP contribution in [-0.4, -0.2) is 50.2 Å². The highest BCUT2D eigenvalue weighted by Crippen LogP contribution is 2.02. The number of carbonyl (C=O) groups excluding carboxylic acids is 1. The first kappa shape index (κ1) is 14.9. The van der Waals surface area contributed by atoms with Crippen LogP contribution in [0.25, 0.3) is 0 Å². The van der Waals surface area contributed by atoms with Gasteiger partial charge in [0.1, 0.15) is 0 Å². The van der Waals surface area contributed by atoms with Crippen molar-refractivity contribution in [1.82, 2.24) is 10.2 Å². The van der Waals surface area contributed by atoms with Gasteiger partial charge in [-0.15, -0.1) is 6.42 Å². The highest BCUT2D eigenvalue weighted by molar-refractivity contribution is 5.78. The van der Waals surface area contributed by atoms with Crippen LogP contribution in [-0.2, 0) is 9.53 Å². The van der Waals surface area contributed by atoms with Crippen LogP contribution < -0.4 is 5.32 Å². The van der Waals surface area contributed by atoms with Crippen molar-refractivity contribution in [3.8, 4) is 12.3 Å². The Labute approximate surface area is 98.3 Å². The van der Waals surface area contributed by atoms with E-state index < -0.39 is 0 Å². The Bertz CT molecular complexity index is 236. The molecule has 0 aromatic heterocycles. The number of ether oxygens (including phenoxy) is 1. The fraction of sp³-hybridized carbons (Fsp3) is 0.750. The van der Waals surface area contributed by atoms with Crippen LogP contribution in [0.15, 0.2) is 0 Å². The van der Waals surface area contributed by atoms with Gasteiger partial charge in [-0.25, -0.2) is 0 Å². The summed E-state index contributed by atoms with van der Waals surface area (Å²) >= 11 is 0. The summed E-state index contributed by atoms with van der Waals surface area (Å²) in [6.07, 6.45) is 6.08. The van der Waals surface area contributed by atoms with Gasteiger partial charge in [0.2, 0.25) is 5.91 Å². The lowest BCUT2D eigenvalue weighted by Crippen LogP contribution is -2.43. The van der Waals surface area contributed by atoms with Gasteiger partial charge < -0.3 is 10.1 Å². The van der Waals surface area contributed by atoms with Crippen LogP contribution >= 0.6 is 0 Å². The van der Waals surface area contributed by atoms with E-state index in [0.717, 1.165) is 13.0 Å². The van der Waals surface area contributed by atoms with Crippen LogP contribution in [0.4, 0.5) is 0 Å². The summed E-state index contributed by atoms with van der Waals surface area (Å²) in [5, 5.41) is 2.66. The van der Waals surface area contributed by atoms with E-state index in [-0.39, 0.29) is 12.5 Å². The summed E-state index contributed by atoms with van der Waals surface area (Å²) in [4.78, 5) is 13.6. The van der Waals surface area contributed by atoms with E-state index in [0.29, 0.717) is 19.2 Å². The number of hydrogen-bond acceptors (Lipinski definition) is 3. The maximum Gasteiger partial charge on any atom is 0.234 e. The Balaban J connectivity index is 4.09. The average molecular weight is 226 g/mol. The van der Waals surface area contributed by atoms with Gasteiger partial charge in [0.15, 0.2) is 0 Å². The molecule has 0 rings (SSSR count). The molecule has 0 aliphatic rings. The first-order valence-electron chi connectivity index (χ1n) is 5.58. The maximum atomic E-state index is 11.5. The zero-order valence-corrected chi connectivity index (χ0v) is 10.5. The highest BCUT2D eigenvalue weighted by atomic mass is 16.5. The van der Waals surface area contributed by atoms with E-state index in [2.05, 4.69) is 30.0 Å². The van der Waals surface area contributed by atoms with E-state index in [1.165, 1.54) is 0 Å². The van der Waals surface area contributed by atoms with Gasteiger partial charge in [-0.05, 0) is 13.3 Å². The fourth-order valence-corrected chi connectivity index (χ4v) is 1.31. The van der Waals surface area contributed by atoms with Crippen molar-refractivity contribution in [3.63, 3.8) is 0 Å². The molecule has 0 heterocycles. The number of rotatable bonds is 8. The van der Waals surface area contributed by atoms with Gasteiger partial charge in [-0.3, -0.25) is 9.69 Å². The first-order chi connectivity index (χ1) is 7.65. The third-order valence-electron chi connectivity index (χ3n) is 2.53. The lowest BCUT2D eigenvalue weighted by Gasteiger charge is -2.27. The van der Waals surface area contributed by atoms with E-state index in [9.17, 15) is 4.79 Å². The minimum atomic E-state index is -0.0330. The van der Waals surface area contributed by atoms with E-state index in [1.54, 1.807) is 7.11 Å². The Kier molecular flexibility index (Phi) is 8.59. The van der Waals surface area contributed by atoms with Crippen molar-refractivity contribution >= 4 is 5.91 Å². The third-order valence-corrected chi connectivity index (χ3v) is 2.53. The van der Waals surface area contributed by atoms with Gasteiger partial charge in [-0.2, -0.15) is 0 Å². The average Bonchev–Trinajstić information content (AvgIpc) is 2.30. The molecule has 4 nitrogen and oxygen atoms in total. The number of terminal acetylenes is 1. The van der Waals surface area contributed by atoms with E-state index >= 15 is 0 Å². The molecule has 0 bridgehead atoms. The molecule has 1 unspecified atom stereocenters. The Hall–Kier alpha value is -1.05. The topological polar surface area (TPSA) is 41.6 Å². The summed E-state index contributed by atoms with van der Waals surface area (Å²) in [5.41, 5.74) is 0. The molecule has 0 spiro atoms. The number of hydrogen-bond donors (Lipinski definition) is 1. The second-order valence-corrected chi connectivity index (χ2v) is 3.70. The summed E-state index contributed by atoms with van der Waals surface area (Å²) in [6.45, 7) is 6.26. The number of nitrogens with one attached hydrogen (secondary N) is 1. The molecule has 1 atom stereocenters. The van der Waals surface area contributed by atoms with Crippen LogP contribution in [0.2, 0.25) is 0 Å². The molecule has 0 aromatic rings. The smallest absolute Gasteiger partial charge is 0.234 e. The lowest BCUT2D eigenvalue weighted by molar-refractivity contribution is -0.122. The molecule has 16 heavy (non-hydrogen) atoms. The van der Waals surface area contributed by atoms with Crippen molar-refractivity contribution in [2.75, 3.05) is 33.4 Å². The molecule has 0 fully saturated rings. The van der Waals surface area contributed by atoms with Crippen LogP contribution in [0.5, 0.6) is 0 Å². The first-order valence-corrected chi connectivity index (χ1v) is 5.58. The molecule has 0 aliphatic carbocycles. The molecule has 0 aliphatic heterocycles. The standard InChI is InChI=1S/C12H22N2O2/c1-5-7-13-12(15)10-14(8-9-16-4)11(3)6-2/h1,11H,6-10H2,2-4H3,(H,13,15). The van der Waals surface area contributed by atoms with Crippen molar-refractivity contribution in [2.24, 2.45) is 0 Å². The normalized spacial score (nSPS) is 12.2. The molecule has 1 N–H and O–H groups in total. The summed E-state index contributed by atoms with van der Waals surface area (Å²) < 4.78 is 5.02. The zero-order chi connectivity index (χ0) is 12.4. The molecular formula is C12H22N2O2. The SMILES string of the molecule is C#CCNC(=O)CN(CCOC)C(C)CC. The summed E-state index contributed by atoms with van der Waals surface area (Å²) in [6, 6.07) is 0.367. The minimum absolute atomic E-state index is 0.0330. The van der Waals surface area contributed by atoms with Gasteiger partial charge in [0.05, 0.1) is 19.7 Å². The Morgan fingerprint density at radius 2 is 2.31 bits per heavy atom. The molecule has 92 valence electrons. The second kappa shape index (κ2) is 9.20. The van der Waals surface area contributed by atoms with Crippen LogP contribution in [0, 0.1) is 12.3 Å². The Morgan fingerprint density at radius 3 is 2.81 bits per heavy atom. The molecule has 0 aromatic carbocycles. The lowest BCUT2D eigenvalue weighted by atomic mass is 10.2. The maximum absolute atomic E-state index is 11.5. The number of amides is 1. The van der Waals surface area contributed by atoms with Crippen molar-refractivity contribution in [2.45, 2.75) is 26.3 Å². The van der Waals surface area contributed by atoms with Crippen LogP contribution in [0.3, 0.4) is 0 Å². The summed E-state index contributed by atoms with van der Waals surface area (Å²) in [7, 11) is 1.66. The number of carbonyl (C=O) groups is 1. The number of methoxy groups -OCH3 is 1. The van der Waals surface area contributed by atoms with Crippen LogP contribution in [0.1, 0.15) is 20.3 Å². The van der Waals surface area contributed by atoms with Gasteiger partial charge in [-0.1, -0.05) is 12.8 Å². The predicted molar refractivity (Wildman–Crippen MR) is 65.0 cm³/mol. The molecule has 0 saturated carbocycles. The van der Waals surface area contributed by atoms with Crippen molar-refractivity contribution < 1.29 is 9.53 Å². The third kappa shape index (κ3) is 6.44. The molecule has 1 amide bonds. The van der Waals surface area contributed by atoms with E-state index in [4.69, 9.17) is 11.2 Å². The zero-order valence-electron chi connectivity index (χ0n) is 10.5. The minimum Gasteiger partial charge on any atom is -0.383 e. The van der Waals surface area contributed by atoms with Gasteiger partial charge in [0.25, 0.3) is 0 Å². The number of nitrogens with zero attached hydrogens (tertiary/aromatic N) is 1. The molecular weight excluding hydrogens is 204 g/mol. The van der Waals surface area contributed by atoms with Gasteiger partial charge >= 0.3 is 0 Å². The molecule has 0 radical (unpaired) electrons. The monoisotopic (exact) mass is 226 g/mol. The quantitative estimate of drug-likeness (QED) is 0.612. The fourth-order valence-electron chi connectivity index (χ4n) is 1.31. The predicted octanol–water partition coefficient (Wildman–Crippen LogP) is 0.483. The molecule has 0 saturated heterocycles. The van der Waals surface area contributed by atoms with Gasteiger partial charge in [0, 0.05) is 19.7 Å². The van der Waals surface area contributed by atoms with E-state index in [1.807, 2.05) is 0 Å². The van der Waals surface area contributed by atoms with Crippen molar-refractivity contribution in [1.29, 1.82) is 0 Å². The highest BCUT2D eigenvalue weighted by Gasteiger charge is 2.15.